The van der Waals surface area contributed by atoms with E-state index >= 15 is 9.59 Å². The van der Waals surface area contributed by atoms with Crippen LogP contribution in [0.1, 0.15) is 80.4 Å². The Morgan fingerprint density at radius 1 is 0.415 bits per heavy atom. The van der Waals surface area contributed by atoms with E-state index in [2.05, 4.69) is 5.32 Å². The highest BCUT2D eigenvalue weighted by atomic mass is 16.5. The molecule has 12 nitrogen and oxygen atoms in total. The van der Waals surface area contributed by atoms with E-state index < -0.39 is 17.7 Å². The van der Waals surface area contributed by atoms with Crippen molar-refractivity contribution in [3.8, 4) is 23.0 Å². The molecular weight excluding hydrogens is 1030 g/mol. The van der Waals surface area contributed by atoms with Crippen molar-refractivity contribution in [2.45, 2.75) is 39.6 Å². The summed E-state index contributed by atoms with van der Waals surface area (Å²) < 4.78 is 37.9. The average Bonchev–Trinajstić information content (AvgIpc) is 3.88. The Kier molecular flexibility index (Phi) is 18.1. The van der Waals surface area contributed by atoms with Crippen LogP contribution in [-0.4, -0.2) is 28.5 Å². The van der Waals surface area contributed by atoms with Gasteiger partial charge in [-0.15, -0.1) is 0 Å². The van der Waals surface area contributed by atoms with E-state index in [1.54, 1.807) is 61.0 Å². The van der Waals surface area contributed by atoms with Crippen molar-refractivity contribution in [1.82, 2.24) is 10.2 Å². The highest BCUT2D eigenvalue weighted by Gasteiger charge is 2.32. The number of benzene rings is 9. The van der Waals surface area contributed by atoms with E-state index in [0.29, 0.717) is 17.9 Å². The first-order valence-electron chi connectivity index (χ1n) is 26.6. The third kappa shape index (κ3) is 14.3. The number of ketones is 1. The van der Waals surface area contributed by atoms with Crippen LogP contribution < -0.4 is 24.3 Å². The van der Waals surface area contributed by atoms with Crippen LogP contribution in [0.2, 0.25) is 0 Å². The molecule has 0 unspecified atom stereocenters. The van der Waals surface area contributed by atoms with Crippen molar-refractivity contribution in [3.63, 3.8) is 0 Å². The van der Waals surface area contributed by atoms with Gasteiger partial charge in [-0.2, -0.15) is 0 Å². The van der Waals surface area contributed by atoms with Gasteiger partial charge in [0, 0.05) is 18.0 Å². The number of nitrogens with one attached hydrogen (secondary N) is 1. The Morgan fingerprint density at radius 3 is 1.39 bits per heavy atom. The zero-order chi connectivity index (χ0) is 56.3. The minimum absolute atomic E-state index is 0.0279. The van der Waals surface area contributed by atoms with E-state index in [9.17, 15) is 9.59 Å². The number of carbonyl (C=O) groups excluding carboxylic acids is 4. The van der Waals surface area contributed by atoms with E-state index in [0.717, 1.165) is 33.4 Å². The summed E-state index contributed by atoms with van der Waals surface area (Å²) in [4.78, 5) is 61.7. The van der Waals surface area contributed by atoms with Gasteiger partial charge < -0.3 is 33.7 Å². The second-order valence-electron chi connectivity index (χ2n) is 18.9. The topological polar surface area (TPSA) is 139 Å². The molecule has 0 saturated heterocycles. The van der Waals surface area contributed by atoms with Gasteiger partial charge in [-0.05, 0) is 94.1 Å². The number of allylic oxidation sites excluding steroid dienone is 2. The lowest BCUT2D eigenvalue weighted by molar-refractivity contribution is 0.0468. The fourth-order valence-corrected chi connectivity index (χ4v) is 8.90. The van der Waals surface area contributed by atoms with Crippen molar-refractivity contribution in [2.75, 3.05) is 0 Å². The average molecular weight is 1090 g/mol. The van der Waals surface area contributed by atoms with Crippen LogP contribution >= 0.6 is 0 Å². The molecule has 9 aromatic rings. The molecule has 0 spiro atoms. The number of carbonyl (C=O) groups is 4. The molecule has 0 bridgehead atoms. The van der Waals surface area contributed by atoms with Crippen LogP contribution in [-0.2, 0) is 49.1 Å². The smallest absolute Gasteiger partial charge is 0.343 e. The first-order chi connectivity index (χ1) is 40.3. The lowest BCUT2D eigenvalue weighted by Crippen LogP contribution is -2.32. The quantitative estimate of drug-likeness (QED) is 0.0484. The maximum Gasteiger partial charge on any atom is 0.343 e. The van der Waals surface area contributed by atoms with Crippen molar-refractivity contribution < 1.29 is 47.6 Å². The van der Waals surface area contributed by atoms with Gasteiger partial charge >= 0.3 is 11.9 Å². The first-order valence-corrected chi connectivity index (χ1v) is 26.6. The Morgan fingerprint density at radius 2 is 0.878 bits per heavy atom. The van der Waals surface area contributed by atoms with Gasteiger partial charge in [-0.25, -0.2) is 9.59 Å². The second kappa shape index (κ2) is 27.2. The molecule has 0 saturated carbocycles. The fourth-order valence-electron chi connectivity index (χ4n) is 8.90. The Hall–Kier alpha value is -10.7. The number of nitrogens with zero attached hydrogens (tertiary/aromatic N) is 1. The van der Waals surface area contributed by atoms with Crippen LogP contribution in [0.15, 0.2) is 273 Å². The molecule has 0 aliphatic carbocycles. The summed E-state index contributed by atoms with van der Waals surface area (Å²) in [5.74, 6) is -2.15. The summed E-state index contributed by atoms with van der Waals surface area (Å²) in [5, 5.41) is 3.10. The predicted octanol–water partition coefficient (Wildman–Crippen LogP) is 13.9. The van der Waals surface area contributed by atoms with Crippen molar-refractivity contribution in [3.05, 3.63) is 334 Å². The summed E-state index contributed by atoms with van der Waals surface area (Å²) in [5.41, 5.74) is 5.13. The SMILES string of the molecule is O=C(OC1=CC=CNC=C1N(Cc1ccccc1)C(=O)c1ccc(OCc2ccccc2)cc1)c1cc(OCc2ccccc2)c(C(=O)c2c(OCc3ccccc3)cccc2C(=O)OCc2ccccc2)c(OCc2ccccc2)c1. The number of esters is 2. The van der Waals surface area contributed by atoms with Crippen molar-refractivity contribution in [1.29, 1.82) is 0 Å². The van der Waals surface area contributed by atoms with Gasteiger partial charge in [0.2, 0.25) is 5.78 Å². The van der Waals surface area contributed by atoms with Gasteiger partial charge in [-0.1, -0.05) is 188 Å². The molecule has 1 aliphatic heterocycles. The molecule has 0 aromatic heterocycles. The molecule has 12 heteroatoms. The molecule has 0 radical (unpaired) electrons. The van der Waals surface area contributed by atoms with Crippen LogP contribution in [0.5, 0.6) is 23.0 Å². The first kappa shape index (κ1) is 54.6. The molecule has 9 aromatic carbocycles. The maximum absolute atomic E-state index is 15.9. The molecule has 0 atom stereocenters. The summed E-state index contributed by atoms with van der Waals surface area (Å²) in [6.07, 6.45) is 6.47. The lowest BCUT2D eigenvalue weighted by Gasteiger charge is -2.27. The molecule has 10 rings (SSSR count). The van der Waals surface area contributed by atoms with E-state index in [1.165, 1.54) is 23.1 Å². The van der Waals surface area contributed by atoms with Gasteiger partial charge in [0.05, 0.1) is 23.2 Å². The standard InChI is InChI=1S/C70H56N2O10/c73-67(65-59(70(76)81-49-55-31-17-6-18-32-55)33-19-34-62(65)78-46-52-25-11-3-12-26-52)66-63(79-47-53-27-13-4-14-28-53)41-57(42-64(66)80-48-54-29-15-5-16-30-54)69(75)82-61-35-20-40-71-43-60(61)72(44-50-21-7-1-8-22-50)68(74)56-36-38-58(39-37-56)77-45-51-23-9-2-10-24-51/h1-43,71H,44-49H2. The molecule has 1 amide bonds. The van der Waals surface area contributed by atoms with E-state index in [1.807, 2.05) is 182 Å². The maximum atomic E-state index is 15.9. The molecule has 1 N–H and O–H groups in total. The zero-order valence-electron chi connectivity index (χ0n) is 44.6. The molecular formula is C70H56N2O10. The molecule has 1 aliphatic rings. The number of rotatable bonds is 23. The highest BCUT2D eigenvalue weighted by molar-refractivity contribution is 6.19. The zero-order valence-corrected chi connectivity index (χ0v) is 44.6. The molecule has 82 heavy (non-hydrogen) atoms. The summed E-state index contributed by atoms with van der Waals surface area (Å²) >= 11 is 0. The number of hydrogen-bond donors (Lipinski definition) is 1. The monoisotopic (exact) mass is 1080 g/mol. The van der Waals surface area contributed by atoms with Crippen LogP contribution in [0.3, 0.4) is 0 Å². The summed E-state index contributed by atoms with van der Waals surface area (Å²) in [6, 6.07) is 71.0. The second-order valence-corrected chi connectivity index (χ2v) is 18.9. The summed E-state index contributed by atoms with van der Waals surface area (Å²) in [7, 11) is 0. The minimum Gasteiger partial charge on any atom is -0.489 e. The molecule has 1 heterocycles. The van der Waals surface area contributed by atoms with Gasteiger partial charge in [0.1, 0.15) is 67.3 Å². The van der Waals surface area contributed by atoms with Crippen LogP contribution in [0, 0.1) is 0 Å². The number of ether oxygens (including phenoxy) is 6. The largest absolute Gasteiger partial charge is 0.489 e. The van der Waals surface area contributed by atoms with E-state index in [-0.39, 0.29) is 89.8 Å². The lowest BCUT2D eigenvalue weighted by atomic mass is 9.94. The van der Waals surface area contributed by atoms with Gasteiger partial charge in [-0.3, -0.25) is 14.5 Å². The summed E-state index contributed by atoms with van der Waals surface area (Å²) in [6.45, 7) is 0.363. The number of amides is 1. The Labute approximate surface area is 475 Å². The Bertz CT molecular complexity index is 3660. The van der Waals surface area contributed by atoms with E-state index in [4.69, 9.17) is 28.4 Å². The fraction of sp³-hybridized carbons (Fsp3) is 0.0857. The van der Waals surface area contributed by atoms with Gasteiger partial charge in [0.25, 0.3) is 5.91 Å². The third-order valence-electron chi connectivity index (χ3n) is 13.1. The molecule has 0 fully saturated rings. The van der Waals surface area contributed by atoms with Crippen molar-refractivity contribution in [2.24, 2.45) is 0 Å². The Balaban J connectivity index is 1.03. The molecule has 406 valence electrons. The predicted molar refractivity (Wildman–Crippen MR) is 312 cm³/mol. The highest BCUT2D eigenvalue weighted by Crippen LogP contribution is 2.39. The number of hydrogen-bond acceptors (Lipinski definition) is 11. The van der Waals surface area contributed by atoms with Gasteiger partial charge in [0.15, 0.2) is 5.76 Å². The van der Waals surface area contributed by atoms with Crippen LogP contribution in [0.4, 0.5) is 0 Å². The third-order valence-corrected chi connectivity index (χ3v) is 13.1. The van der Waals surface area contributed by atoms with Crippen LogP contribution in [0.25, 0.3) is 0 Å². The minimum atomic E-state index is -0.871. The normalized spacial score (nSPS) is 11.6. The van der Waals surface area contributed by atoms with Crippen molar-refractivity contribution >= 4 is 23.6 Å².